The van der Waals surface area contributed by atoms with Gasteiger partial charge in [-0.2, -0.15) is 0 Å². The van der Waals surface area contributed by atoms with Gasteiger partial charge in [0.2, 0.25) is 5.91 Å². The average molecular weight is 248 g/mol. The summed E-state index contributed by atoms with van der Waals surface area (Å²) in [5.41, 5.74) is 6.82. The number of nitrogens with one attached hydrogen (secondary N) is 1. The number of carbonyl (C=O) groups excluding carboxylic acids is 1. The van der Waals surface area contributed by atoms with E-state index in [1.54, 1.807) is 6.20 Å². The largest absolute Gasteiger partial charge is 0.376 e. The minimum Gasteiger partial charge on any atom is -0.376 e. The molecule has 1 fully saturated rings. The third-order valence-corrected chi connectivity index (χ3v) is 3.36. The zero-order valence-electron chi connectivity index (χ0n) is 10.9. The molecule has 2 atom stereocenters. The van der Waals surface area contributed by atoms with E-state index < -0.39 is 0 Å². The lowest BCUT2D eigenvalue weighted by Gasteiger charge is -2.13. The van der Waals surface area contributed by atoms with Crippen LogP contribution in [-0.4, -0.2) is 31.0 Å². The molecule has 1 saturated carbocycles. The molecule has 1 amide bonds. The fourth-order valence-electron chi connectivity index (χ4n) is 2.21. The number of pyridine rings is 1. The Labute approximate surface area is 107 Å². The SMILES string of the molecule is CN(C)c1ccc(NC(=O)C2CCC(N)C2)nc1. The van der Waals surface area contributed by atoms with Crippen LogP contribution in [-0.2, 0) is 4.79 Å². The molecule has 0 aliphatic heterocycles. The Morgan fingerprint density at radius 3 is 2.72 bits per heavy atom. The Morgan fingerprint density at radius 1 is 1.44 bits per heavy atom. The summed E-state index contributed by atoms with van der Waals surface area (Å²) in [7, 11) is 3.91. The maximum Gasteiger partial charge on any atom is 0.228 e. The van der Waals surface area contributed by atoms with E-state index in [-0.39, 0.29) is 17.9 Å². The fraction of sp³-hybridized carbons (Fsp3) is 0.538. The third-order valence-electron chi connectivity index (χ3n) is 3.36. The Bertz CT molecular complexity index is 416. The van der Waals surface area contributed by atoms with Crippen molar-refractivity contribution in [2.75, 3.05) is 24.3 Å². The van der Waals surface area contributed by atoms with Crippen molar-refractivity contribution in [3.8, 4) is 0 Å². The normalized spacial score (nSPS) is 22.8. The molecular weight excluding hydrogens is 228 g/mol. The van der Waals surface area contributed by atoms with Gasteiger partial charge in [0.05, 0.1) is 11.9 Å². The Morgan fingerprint density at radius 2 is 2.22 bits per heavy atom. The first kappa shape index (κ1) is 12.8. The van der Waals surface area contributed by atoms with Crippen LogP contribution in [0.5, 0.6) is 0 Å². The van der Waals surface area contributed by atoms with Gasteiger partial charge in [0.1, 0.15) is 5.82 Å². The molecule has 0 spiro atoms. The first-order valence-corrected chi connectivity index (χ1v) is 6.26. The lowest BCUT2D eigenvalue weighted by atomic mass is 10.1. The van der Waals surface area contributed by atoms with E-state index in [4.69, 9.17) is 5.73 Å². The van der Waals surface area contributed by atoms with Crippen LogP contribution >= 0.6 is 0 Å². The molecule has 98 valence electrons. The Balaban J connectivity index is 1.95. The number of amides is 1. The molecule has 0 aromatic carbocycles. The molecule has 2 unspecified atom stereocenters. The highest BCUT2D eigenvalue weighted by molar-refractivity contribution is 5.92. The molecule has 0 bridgehead atoms. The molecule has 2 rings (SSSR count). The molecule has 1 heterocycles. The summed E-state index contributed by atoms with van der Waals surface area (Å²) in [5.74, 6) is 0.675. The minimum absolute atomic E-state index is 0.0352. The Hall–Kier alpha value is -1.62. The minimum atomic E-state index is 0.0352. The van der Waals surface area contributed by atoms with Crippen molar-refractivity contribution in [1.29, 1.82) is 0 Å². The molecule has 1 aliphatic carbocycles. The number of hydrogen-bond acceptors (Lipinski definition) is 4. The third kappa shape index (κ3) is 2.98. The van der Waals surface area contributed by atoms with Gasteiger partial charge >= 0.3 is 0 Å². The van der Waals surface area contributed by atoms with Crippen LogP contribution in [0.3, 0.4) is 0 Å². The predicted molar refractivity (Wildman–Crippen MR) is 72.5 cm³/mol. The van der Waals surface area contributed by atoms with Gasteiger partial charge in [-0.25, -0.2) is 4.98 Å². The zero-order chi connectivity index (χ0) is 13.1. The summed E-state index contributed by atoms with van der Waals surface area (Å²) in [6.07, 6.45) is 4.34. The molecule has 1 aromatic rings. The lowest BCUT2D eigenvalue weighted by Crippen LogP contribution is -2.23. The molecule has 1 aliphatic rings. The Kier molecular flexibility index (Phi) is 3.81. The van der Waals surface area contributed by atoms with E-state index in [0.717, 1.165) is 24.9 Å². The molecule has 1 aromatic heterocycles. The summed E-state index contributed by atoms with van der Waals surface area (Å²) in [6, 6.07) is 3.93. The standard InChI is InChI=1S/C13H20N4O/c1-17(2)11-5-6-12(15-8-11)16-13(18)9-3-4-10(14)7-9/h5-6,8-10H,3-4,7,14H2,1-2H3,(H,15,16,18). The highest BCUT2D eigenvalue weighted by atomic mass is 16.1. The number of hydrogen-bond donors (Lipinski definition) is 2. The van der Waals surface area contributed by atoms with Gasteiger partial charge in [0.15, 0.2) is 0 Å². The molecule has 5 heteroatoms. The van der Waals surface area contributed by atoms with Crippen LogP contribution in [0.25, 0.3) is 0 Å². The van der Waals surface area contributed by atoms with Gasteiger partial charge in [-0.05, 0) is 31.4 Å². The van der Waals surface area contributed by atoms with E-state index in [2.05, 4.69) is 10.3 Å². The number of aromatic nitrogens is 1. The van der Waals surface area contributed by atoms with E-state index in [9.17, 15) is 4.79 Å². The zero-order valence-corrected chi connectivity index (χ0v) is 10.9. The van der Waals surface area contributed by atoms with Crippen molar-refractivity contribution in [3.05, 3.63) is 18.3 Å². The topological polar surface area (TPSA) is 71.2 Å². The maximum absolute atomic E-state index is 12.0. The summed E-state index contributed by atoms with van der Waals surface area (Å²) < 4.78 is 0. The van der Waals surface area contributed by atoms with Gasteiger partial charge < -0.3 is 16.0 Å². The van der Waals surface area contributed by atoms with E-state index >= 15 is 0 Å². The van der Waals surface area contributed by atoms with Crippen molar-refractivity contribution >= 4 is 17.4 Å². The molecule has 3 N–H and O–H groups in total. The average Bonchev–Trinajstić information content (AvgIpc) is 2.76. The predicted octanol–water partition coefficient (Wildman–Crippen LogP) is 1.21. The molecule has 0 saturated heterocycles. The maximum atomic E-state index is 12.0. The second kappa shape index (κ2) is 5.35. The van der Waals surface area contributed by atoms with Crippen molar-refractivity contribution in [3.63, 3.8) is 0 Å². The monoisotopic (exact) mass is 248 g/mol. The van der Waals surface area contributed by atoms with Crippen molar-refractivity contribution < 1.29 is 4.79 Å². The summed E-state index contributed by atoms with van der Waals surface area (Å²) in [5, 5.41) is 2.85. The molecule has 18 heavy (non-hydrogen) atoms. The second-order valence-corrected chi connectivity index (χ2v) is 5.06. The van der Waals surface area contributed by atoms with Crippen molar-refractivity contribution in [2.45, 2.75) is 25.3 Å². The van der Waals surface area contributed by atoms with Gasteiger partial charge in [-0.3, -0.25) is 4.79 Å². The second-order valence-electron chi connectivity index (χ2n) is 5.06. The lowest BCUT2D eigenvalue weighted by molar-refractivity contribution is -0.119. The van der Waals surface area contributed by atoms with Gasteiger partial charge in [0.25, 0.3) is 0 Å². The van der Waals surface area contributed by atoms with Crippen LogP contribution < -0.4 is 16.0 Å². The first-order valence-electron chi connectivity index (χ1n) is 6.26. The van der Waals surface area contributed by atoms with Gasteiger partial charge in [-0.15, -0.1) is 0 Å². The molecule has 5 nitrogen and oxygen atoms in total. The van der Waals surface area contributed by atoms with E-state index in [0.29, 0.717) is 5.82 Å². The van der Waals surface area contributed by atoms with Gasteiger partial charge in [0, 0.05) is 26.1 Å². The van der Waals surface area contributed by atoms with Crippen molar-refractivity contribution in [2.24, 2.45) is 11.7 Å². The first-order chi connectivity index (χ1) is 8.56. The van der Waals surface area contributed by atoms with Crippen LogP contribution in [0.15, 0.2) is 18.3 Å². The number of anilines is 2. The highest BCUT2D eigenvalue weighted by Gasteiger charge is 2.27. The van der Waals surface area contributed by atoms with Crippen LogP contribution in [0.2, 0.25) is 0 Å². The van der Waals surface area contributed by atoms with Crippen LogP contribution in [0.4, 0.5) is 11.5 Å². The number of rotatable bonds is 3. The molecule has 0 radical (unpaired) electrons. The summed E-state index contributed by atoms with van der Waals surface area (Å²) in [4.78, 5) is 18.2. The summed E-state index contributed by atoms with van der Waals surface area (Å²) in [6.45, 7) is 0. The van der Waals surface area contributed by atoms with Crippen LogP contribution in [0.1, 0.15) is 19.3 Å². The summed E-state index contributed by atoms with van der Waals surface area (Å²) >= 11 is 0. The van der Waals surface area contributed by atoms with Crippen molar-refractivity contribution in [1.82, 2.24) is 4.98 Å². The van der Waals surface area contributed by atoms with Crippen LogP contribution in [0, 0.1) is 5.92 Å². The number of nitrogens with two attached hydrogens (primary N) is 1. The fourth-order valence-corrected chi connectivity index (χ4v) is 2.21. The smallest absolute Gasteiger partial charge is 0.228 e. The highest BCUT2D eigenvalue weighted by Crippen LogP contribution is 2.25. The molecular formula is C13H20N4O. The number of carbonyl (C=O) groups is 1. The quantitative estimate of drug-likeness (QED) is 0.843. The van der Waals surface area contributed by atoms with E-state index in [1.807, 2.05) is 31.1 Å². The number of nitrogens with zero attached hydrogens (tertiary/aromatic N) is 2. The van der Waals surface area contributed by atoms with Gasteiger partial charge in [-0.1, -0.05) is 0 Å². The van der Waals surface area contributed by atoms with E-state index in [1.165, 1.54) is 0 Å².